The Balaban J connectivity index is 2.65. The molecule has 1 aromatic rings. The van der Waals surface area contributed by atoms with Crippen molar-refractivity contribution >= 4 is 11.4 Å². The van der Waals surface area contributed by atoms with Crippen LogP contribution in [-0.4, -0.2) is 24.2 Å². The van der Waals surface area contributed by atoms with Crippen LogP contribution >= 0.6 is 0 Å². The molecule has 0 spiro atoms. The molecule has 0 aliphatic heterocycles. The summed E-state index contributed by atoms with van der Waals surface area (Å²) in [6, 6.07) is 6.34. The van der Waals surface area contributed by atoms with Crippen LogP contribution in [0.25, 0.3) is 0 Å². The van der Waals surface area contributed by atoms with Crippen molar-refractivity contribution in [3.63, 3.8) is 0 Å². The van der Waals surface area contributed by atoms with Crippen molar-refractivity contribution in [3.8, 4) is 6.07 Å². The van der Waals surface area contributed by atoms with Gasteiger partial charge >= 0.3 is 0 Å². The fraction of sp³-hybridized carbons (Fsp3) is 0.300. The van der Waals surface area contributed by atoms with Crippen molar-refractivity contribution in [2.75, 3.05) is 17.6 Å². The average molecular weight is 227 g/mol. The zero-order valence-electron chi connectivity index (χ0n) is 8.32. The van der Waals surface area contributed by atoms with Gasteiger partial charge in [0.15, 0.2) is 0 Å². The molecule has 6 heteroatoms. The second-order valence-corrected chi connectivity index (χ2v) is 3.20. The number of hydrogen-bond donors (Lipinski definition) is 3. The highest BCUT2D eigenvalue weighted by Crippen LogP contribution is 2.19. The molecule has 4 nitrogen and oxygen atoms in total. The van der Waals surface area contributed by atoms with Crippen LogP contribution in [0.2, 0.25) is 0 Å². The third kappa shape index (κ3) is 3.07. The number of nitriles is 1. The summed E-state index contributed by atoms with van der Waals surface area (Å²) in [4.78, 5) is 0. The summed E-state index contributed by atoms with van der Waals surface area (Å²) in [5, 5.41) is 20.0. The summed E-state index contributed by atoms with van der Waals surface area (Å²) in [6.07, 6.45) is -4.54. The Hall–Kier alpha value is -1.87. The smallest absolute Gasteiger partial charge is 0.265 e. The van der Waals surface area contributed by atoms with Gasteiger partial charge in [-0.25, -0.2) is 8.78 Å². The van der Waals surface area contributed by atoms with E-state index in [0.29, 0.717) is 11.3 Å². The Bertz CT molecular complexity index is 404. The maximum atomic E-state index is 12.0. The summed E-state index contributed by atoms with van der Waals surface area (Å²) < 4.78 is 24.0. The van der Waals surface area contributed by atoms with Crippen LogP contribution in [0.3, 0.4) is 0 Å². The van der Waals surface area contributed by atoms with Crippen LogP contribution in [0.15, 0.2) is 18.2 Å². The van der Waals surface area contributed by atoms with Gasteiger partial charge in [-0.15, -0.1) is 0 Å². The Morgan fingerprint density at radius 3 is 2.69 bits per heavy atom. The van der Waals surface area contributed by atoms with Gasteiger partial charge in [-0.3, -0.25) is 0 Å². The lowest BCUT2D eigenvalue weighted by atomic mass is 10.2. The molecule has 0 saturated carbocycles. The van der Waals surface area contributed by atoms with Crippen molar-refractivity contribution in [1.82, 2.24) is 0 Å². The van der Waals surface area contributed by atoms with Gasteiger partial charge in [0.25, 0.3) is 6.43 Å². The van der Waals surface area contributed by atoms with Crippen LogP contribution in [-0.2, 0) is 0 Å². The minimum absolute atomic E-state index is 0.278. The lowest BCUT2D eigenvalue weighted by Crippen LogP contribution is -2.27. The molecule has 0 radical (unpaired) electrons. The van der Waals surface area contributed by atoms with E-state index in [1.54, 1.807) is 0 Å². The van der Waals surface area contributed by atoms with Gasteiger partial charge < -0.3 is 16.2 Å². The van der Waals surface area contributed by atoms with Crippen molar-refractivity contribution in [2.24, 2.45) is 0 Å². The number of halogens is 2. The summed E-state index contributed by atoms with van der Waals surface area (Å²) in [5.74, 6) is 0. The number of nitrogen functional groups attached to an aromatic ring is 1. The standard InChI is InChI=1S/C10H11F2N3O/c11-10(12)9(16)5-15-8-2-1-6(4-13)3-7(8)14/h1-3,9-10,15-16H,5,14H2. The number of aliphatic hydroxyl groups is 1. The van der Waals surface area contributed by atoms with Crippen molar-refractivity contribution in [1.29, 1.82) is 5.26 Å². The number of benzene rings is 1. The highest BCUT2D eigenvalue weighted by Gasteiger charge is 2.16. The van der Waals surface area contributed by atoms with Crippen LogP contribution in [0.1, 0.15) is 5.56 Å². The van der Waals surface area contributed by atoms with E-state index in [0.717, 1.165) is 0 Å². The first-order valence-electron chi connectivity index (χ1n) is 4.54. The zero-order chi connectivity index (χ0) is 12.1. The number of anilines is 2. The topological polar surface area (TPSA) is 82.1 Å². The molecule has 0 aliphatic rings. The molecule has 0 heterocycles. The molecule has 0 saturated heterocycles. The van der Waals surface area contributed by atoms with Crippen molar-refractivity contribution < 1.29 is 13.9 Å². The molecule has 0 bridgehead atoms. The summed E-state index contributed by atoms with van der Waals surface area (Å²) in [7, 11) is 0. The van der Waals surface area contributed by atoms with Crippen LogP contribution in [0.5, 0.6) is 0 Å². The maximum Gasteiger partial charge on any atom is 0.265 e. The van der Waals surface area contributed by atoms with Crippen LogP contribution in [0, 0.1) is 11.3 Å². The molecule has 1 aromatic carbocycles. The van der Waals surface area contributed by atoms with Gasteiger partial charge in [0.2, 0.25) is 0 Å². The SMILES string of the molecule is N#Cc1ccc(NCC(O)C(F)F)c(N)c1. The molecule has 86 valence electrons. The summed E-state index contributed by atoms with van der Waals surface area (Å²) in [6.45, 7) is -0.298. The lowest BCUT2D eigenvalue weighted by Gasteiger charge is -2.13. The minimum Gasteiger partial charge on any atom is -0.397 e. The maximum absolute atomic E-state index is 12.0. The fourth-order valence-corrected chi connectivity index (χ4v) is 1.10. The third-order valence-corrected chi connectivity index (χ3v) is 1.97. The van der Waals surface area contributed by atoms with Gasteiger partial charge in [0.1, 0.15) is 6.10 Å². The number of rotatable bonds is 4. The van der Waals surface area contributed by atoms with E-state index in [9.17, 15) is 8.78 Å². The van der Waals surface area contributed by atoms with E-state index >= 15 is 0 Å². The van der Waals surface area contributed by atoms with Gasteiger partial charge in [-0.1, -0.05) is 0 Å². The zero-order valence-corrected chi connectivity index (χ0v) is 8.32. The first kappa shape index (κ1) is 12.2. The highest BCUT2D eigenvalue weighted by atomic mass is 19.3. The number of nitrogens with zero attached hydrogens (tertiary/aromatic N) is 1. The number of nitrogens with one attached hydrogen (secondary N) is 1. The van der Waals surface area contributed by atoms with E-state index in [2.05, 4.69) is 5.32 Å². The van der Waals surface area contributed by atoms with Gasteiger partial charge in [-0.2, -0.15) is 5.26 Å². The molecule has 1 atom stereocenters. The largest absolute Gasteiger partial charge is 0.397 e. The van der Waals surface area contributed by atoms with Crippen LogP contribution in [0.4, 0.5) is 20.2 Å². The number of nitrogens with two attached hydrogens (primary N) is 1. The molecule has 0 fully saturated rings. The Labute approximate surface area is 91.3 Å². The molecule has 16 heavy (non-hydrogen) atoms. The van der Waals surface area contributed by atoms with Gasteiger partial charge in [0.05, 0.1) is 23.0 Å². The van der Waals surface area contributed by atoms with E-state index in [4.69, 9.17) is 16.1 Å². The van der Waals surface area contributed by atoms with Crippen LogP contribution < -0.4 is 11.1 Å². The normalized spacial score (nSPS) is 12.2. The fourth-order valence-electron chi connectivity index (χ4n) is 1.10. The minimum atomic E-state index is -2.80. The predicted octanol–water partition coefficient (Wildman–Crippen LogP) is 1.18. The van der Waals surface area contributed by atoms with E-state index in [-0.39, 0.29) is 12.2 Å². The second kappa shape index (κ2) is 5.28. The molecule has 0 aromatic heterocycles. The predicted molar refractivity (Wildman–Crippen MR) is 56.1 cm³/mol. The average Bonchev–Trinajstić information content (AvgIpc) is 2.26. The Morgan fingerprint density at radius 1 is 1.50 bits per heavy atom. The van der Waals surface area contributed by atoms with Crippen molar-refractivity contribution in [2.45, 2.75) is 12.5 Å². The van der Waals surface area contributed by atoms with Gasteiger partial charge in [0, 0.05) is 6.54 Å². The second-order valence-electron chi connectivity index (χ2n) is 3.20. The first-order valence-corrected chi connectivity index (χ1v) is 4.54. The molecular weight excluding hydrogens is 216 g/mol. The quantitative estimate of drug-likeness (QED) is 0.674. The third-order valence-electron chi connectivity index (χ3n) is 1.97. The molecule has 1 unspecified atom stereocenters. The van der Waals surface area contributed by atoms with E-state index < -0.39 is 12.5 Å². The first-order chi connectivity index (χ1) is 7.54. The molecule has 4 N–H and O–H groups in total. The van der Waals surface area contributed by atoms with E-state index in [1.807, 2.05) is 6.07 Å². The molecule has 0 amide bonds. The van der Waals surface area contributed by atoms with Gasteiger partial charge in [-0.05, 0) is 18.2 Å². The summed E-state index contributed by atoms with van der Waals surface area (Å²) in [5.41, 5.74) is 6.66. The molecule has 0 aliphatic carbocycles. The van der Waals surface area contributed by atoms with E-state index in [1.165, 1.54) is 18.2 Å². The number of hydrogen-bond acceptors (Lipinski definition) is 4. The van der Waals surface area contributed by atoms with Crippen molar-refractivity contribution in [3.05, 3.63) is 23.8 Å². The highest BCUT2D eigenvalue weighted by molar-refractivity contribution is 5.68. The summed E-state index contributed by atoms with van der Waals surface area (Å²) >= 11 is 0. The monoisotopic (exact) mass is 227 g/mol. The molecule has 1 rings (SSSR count). The Morgan fingerprint density at radius 2 is 2.19 bits per heavy atom. The lowest BCUT2D eigenvalue weighted by molar-refractivity contribution is 0.00385. The number of alkyl halides is 2. The number of aliphatic hydroxyl groups excluding tert-OH is 1. The molecular formula is C10H11F2N3O. The Kier molecular flexibility index (Phi) is 4.03.